The van der Waals surface area contributed by atoms with Crippen molar-refractivity contribution in [3.63, 3.8) is 0 Å². The number of hydrogen-bond acceptors (Lipinski definition) is 4. The summed E-state index contributed by atoms with van der Waals surface area (Å²) in [4.78, 5) is 2.44. The summed E-state index contributed by atoms with van der Waals surface area (Å²) >= 11 is 1.97. The molecule has 0 amide bonds. The average Bonchev–Trinajstić information content (AvgIpc) is 2.70. The molecule has 0 saturated heterocycles. The standard InChI is InChI=1S/C11H22N4S/c1-3-14(4-2)5-7-16-8-6-15-10-11(12)9-13-15/h9-10H,3-8,12H2,1-2H3. The van der Waals surface area contributed by atoms with Gasteiger partial charge < -0.3 is 10.6 Å². The molecular weight excluding hydrogens is 220 g/mol. The summed E-state index contributed by atoms with van der Waals surface area (Å²) in [6.45, 7) is 8.83. The Kier molecular flexibility index (Phi) is 6.33. The van der Waals surface area contributed by atoms with Crippen LogP contribution in [0, 0.1) is 0 Å². The predicted molar refractivity (Wildman–Crippen MR) is 71.8 cm³/mol. The van der Waals surface area contributed by atoms with Gasteiger partial charge in [0.25, 0.3) is 0 Å². The highest BCUT2D eigenvalue weighted by molar-refractivity contribution is 7.99. The van der Waals surface area contributed by atoms with Crippen molar-refractivity contribution in [1.29, 1.82) is 0 Å². The van der Waals surface area contributed by atoms with Gasteiger partial charge in [0.1, 0.15) is 0 Å². The average molecular weight is 242 g/mol. The van der Waals surface area contributed by atoms with E-state index in [1.54, 1.807) is 6.20 Å². The molecule has 2 N–H and O–H groups in total. The Labute approximate surface area is 102 Å². The number of nitrogens with zero attached hydrogens (tertiary/aromatic N) is 3. The van der Waals surface area contributed by atoms with Crippen molar-refractivity contribution in [2.45, 2.75) is 20.4 Å². The molecule has 0 atom stereocenters. The highest BCUT2D eigenvalue weighted by Gasteiger charge is 1.99. The Bertz CT molecular complexity index is 283. The quantitative estimate of drug-likeness (QED) is 0.703. The van der Waals surface area contributed by atoms with Crippen LogP contribution in [0.5, 0.6) is 0 Å². The molecule has 92 valence electrons. The normalized spacial score (nSPS) is 11.2. The fourth-order valence-corrected chi connectivity index (χ4v) is 2.40. The third-order valence-electron chi connectivity index (χ3n) is 2.56. The molecular formula is C11H22N4S. The Balaban J connectivity index is 2.04. The highest BCUT2D eigenvalue weighted by Crippen LogP contribution is 2.04. The van der Waals surface area contributed by atoms with Crippen LogP contribution >= 0.6 is 11.8 Å². The molecule has 0 bridgehead atoms. The summed E-state index contributed by atoms with van der Waals surface area (Å²) in [7, 11) is 0. The van der Waals surface area contributed by atoms with E-state index in [0.29, 0.717) is 0 Å². The number of nitrogens with two attached hydrogens (primary N) is 1. The Hall–Kier alpha value is -0.680. The van der Waals surface area contributed by atoms with E-state index in [0.717, 1.165) is 31.1 Å². The maximum Gasteiger partial charge on any atom is 0.0719 e. The van der Waals surface area contributed by atoms with Gasteiger partial charge in [-0.3, -0.25) is 4.68 Å². The van der Waals surface area contributed by atoms with Crippen molar-refractivity contribution in [1.82, 2.24) is 14.7 Å². The zero-order valence-electron chi connectivity index (χ0n) is 10.2. The first-order valence-corrected chi connectivity index (χ1v) is 6.99. The summed E-state index contributed by atoms with van der Waals surface area (Å²) in [6.07, 6.45) is 3.57. The maximum atomic E-state index is 5.59. The number of thioether (sulfide) groups is 1. The second-order valence-corrected chi connectivity index (χ2v) is 4.90. The number of hydrogen-bond donors (Lipinski definition) is 1. The molecule has 5 heteroatoms. The molecule has 0 radical (unpaired) electrons. The molecule has 1 aromatic heterocycles. The van der Waals surface area contributed by atoms with E-state index in [-0.39, 0.29) is 0 Å². The van der Waals surface area contributed by atoms with E-state index in [1.807, 2.05) is 22.6 Å². The minimum absolute atomic E-state index is 0.744. The summed E-state index contributed by atoms with van der Waals surface area (Å²) < 4.78 is 1.90. The van der Waals surface area contributed by atoms with Crippen LogP contribution < -0.4 is 5.73 Å². The van der Waals surface area contributed by atoms with Gasteiger partial charge in [0.2, 0.25) is 0 Å². The molecule has 0 saturated carbocycles. The smallest absolute Gasteiger partial charge is 0.0719 e. The molecule has 1 rings (SSSR count). The van der Waals surface area contributed by atoms with Gasteiger partial charge >= 0.3 is 0 Å². The van der Waals surface area contributed by atoms with E-state index < -0.39 is 0 Å². The van der Waals surface area contributed by atoms with Gasteiger partial charge in [0.15, 0.2) is 0 Å². The van der Waals surface area contributed by atoms with Gasteiger partial charge in [0, 0.05) is 24.2 Å². The van der Waals surface area contributed by atoms with E-state index in [9.17, 15) is 0 Å². The Morgan fingerprint density at radius 3 is 2.69 bits per heavy atom. The molecule has 4 nitrogen and oxygen atoms in total. The van der Waals surface area contributed by atoms with Crippen molar-refractivity contribution in [3.8, 4) is 0 Å². The van der Waals surface area contributed by atoms with Crippen LogP contribution in [0.1, 0.15) is 13.8 Å². The second-order valence-electron chi connectivity index (χ2n) is 3.68. The zero-order chi connectivity index (χ0) is 11.8. The summed E-state index contributed by atoms with van der Waals surface area (Å²) in [5, 5.41) is 4.15. The van der Waals surface area contributed by atoms with Crippen molar-refractivity contribution >= 4 is 17.4 Å². The first-order chi connectivity index (χ1) is 7.76. The minimum Gasteiger partial charge on any atom is -0.396 e. The van der Waals surface area contributed by atoms with Crippen LogP contribution in [0.3, 0.4) is 0 Å². The van der Waals surface area contributed by atoms with Crippen LogP contribution in [0.2, 0.25) is 0 Å². The molecule has 0 aliphatic rings. The molecule has 0 fully saturated rings. The summed E-state index contributed by atoms with van der Waals surface area (Å²) in [6, 6.07) is 0. The van der Waals surface area contributed by atoms with Gasteiger partial charge in [-0.25, -0.2) is 0 Å². The topological polar surface area (TPSA) is 47.1 Å². The van der Waals surface area contributed by atoms with Crippen LogP contribution in [-0.2, 0) is 6.54 Å². The van der Waals surface area contributed by atoms with Gasteiger partial charge in [-0.1, -0.05) is 13.8 Å². The number of aryl methyl sites for hydroxylation is 1. The van der Waals surface area contributed by atoms with Gasteiger partial charge in [-0.2, -0.15) is 16.9 Å². The molecule has 16 heavy (non-hydrogen) atoms. The fourth-order valence-electron chi connectivity index (χ4n) is 1.50. The molecule has 0 aliphatic carbocycles. The maximum absolute atomic E-state index is 5.59. The van der Waals surface area contributed by atoms with Crippen molar-refractivity contribution in [2.75, 3.05) is 36.9 Å². The first kappa shape index (κ1) is 13.4. The van der Waals surface area contributed by atoms with Gasteiger partial charge in [-0.05, 0) is 13.1 Å². The lowest BCUT2D eigenvalue weighted by atomic mass is 10.5. The SMILES string of the molecule is CCN(CC)CCSCCn1cc(N)cn1. The number of aromatic nitrogens is 2. The minimum atomic E-state index is 0.744. The largest absolute Gasteiger partial charge is 0.396 e. The zero-order valence-corrected chi connectivity index (χ0v) is 11.0. The van der Waals surface area contributed by atoms with E-state index in [2.05, 4.69) is 23.8 Å². The van der Waals surface area contributed by atoms with Gasteiger partial charge in [-0.15, -0.1) is 0 Å². The third kappa shape index (κ3) is 4.90. The van der Waals surface area contributed by atoms with Gasteiger partial charge in [0.05, 0.1) is 18.4 Å². The van der Waals surface area contributed by atoms with Crippen LogP contribution in [0.25, 0.3) is 0 Å². The van der Waals surface area contributed by atoms with Crippen LogP contribution in [-0.4, -0.2) is 45.8 Å². The second kappa shape index (κ2) is 7.57. The third-order valence-corrected chi connectivity index (χ3v) is 3.51. The lowest BCUT2D eigenvalue weighted by Crippen LogP contribution is -2.25. The molecule has 0 aromatic carbocycles. The van der Waals surface area contributed by atoms with Crippen LogP contribution in [0.4, 0.5) is 5.69 Å². The summed E-state index contributed by atoms with van der Waals surface area (Å²) in [5.41, 5.74) is 6.33. The molecule has 1 heterocycles. The molecule has 0 unspecified atom stereocenters. The number of rotatable bonds is 8. The Morgan fingerprint density at radius 2 is 2.12 bits per heavy atom. The fraction of sp³-hybridized carbons (Fsp3) is 0.727. The number of nitrogen functional groups attached to an aromatic ring is 1. The van der Waals surface area contributed by atoms with Crippen molar-refractivity contribution < 1.29 is 0 Å². The van der Waals surface area contributed by atoms with E-state index in [4.69, 9.17) is 5.73 Å². The van der Waals surface area contributed by atoms with E-state index >= 15 is 0 Å². The monoisotopic (exact) mass is 242 g/mol. The lowest BCUT2D eigenvalue weighted by molar-refractivity contribution is 0.324. The number of anilines is 1. The molecule has 0 spiro atoms. The summed E-state index contributed by atoms with van der Waals surface area (Å²) in [5.74, 6) is 2.29. The van der Waals surface area contributed by atoms with E-state index in [1.165, 1.54) is 12.3 Å². The van der Waals surface area contributed by atoms with Crippen LogP contribution in [0.15, 0.2) is 12.4 Å². The molecule has 1 aromatic rings. The molecule has 0 aliphatic heterocycles. The first-order valence-electron chi connectivity index (χ1n) is 5.84. The lowest BCUT2D eigenvalue weighted by Gasteiger charge is -2.17. The Morgan fingerprint density at radius 1 is 1.38 bits per heavy atom. The predicted octanol–water partition coefficient (Wildman–Crippen LogP) is 1.54. The van der Waals surface area contributed by atoms with Crippen molar-refractivity contribution in [3.05, 3.63) is 12.4 Å². The van der Waals surface area contributed by atoms with Crippen molar-refractivity contribution in [2.24, 2.45) is 0 Å². The highest BCUT2D eigenvalue weighted by atomic mass is 32.2.